The zero-order chi connectivity index (χ0) is 16.8. The van der Waals surface area contributed by atoms with E-state index in [0.29, 0.717) is 0 Å². The zero-order valence-corrected chi connectivity index (χ0v) is 13.8. The fraction of sp³-hybridized carbons (Fsp3) is 0.0455. The van der Waals surface area contributed by atoms with Crippen molar-refractivity contribution < 1.29 is 4.42 Å². The third kappa shape index (κ3) is 2.24. The lowest BCUT2D eigenvalue weighted by Crippen LogP contribution is -1.95. The molecule has 0 unspecified atom stereocenters. The second kappa shape index (κ2) is 5.35. The summed E-state index contributed by atoms with van der Waals surface area (Å²) in [6.45, 7) is 2.09. The molecule has 0 amide bonds. The average molecular weight is 324 g/mol. The molecule has 0 atom stereocenters. The highest BCUT2D eigenvalue weighted by Crippen LogP contribution is 2.32. The van der Waals surface area contributed by atoms with Crippen LogP contribution in [0.15, 0.2) is 83.4 Å². The SMILES string of the molecule is Cc1cccc(-c2ccn(-c3cccc4c3oc3ccccc34)n2)c1. The van der Waals surface area contributed by atoms with Gasteiger partial charge in [0.1, 0.15) is 11.3 Å². The lowest BCUT2D eigenvalue weighted by atomic mass is 10.1. The fourth-order valence-electron chi connectivity index (χ4n) is 3.33. The van der Waals surface area contributed by atoms with Crippen LogP contribution in [0.25, 0.3) is 38.9 Å². The second-order valence-corrected chi connectivity index (χ2v) is 6.27. The van der Waals surface area contributed by atoms with E-state index in [1.165, 1.54) is 5.56 Å². The van der Waals surface area contributed by atoms with Crippen LogP contribution in [0.3, 0.4) is 0 Å². The summed E-state index contributed by atoms with van der Waals surface area (Å²) in [4.78, 5) is 0. The van der Waals surface area contributed by atoms with E-state index in [1.54, 1.807) is 0 Å². The molecule has 5 rings (SSSR count). The van der Waals surface area contributed by atoms with E-state index >= 15 is 0 Å². The molecule has 25 heavy (non-hydrogen) atoms. The summed E-state index contributed by atoms with van der Waals surface area (Å²) in [6.07, 6.45) is 1.99. The highest BCUT2D eigenvalue weighted by Gasteiger charge is 2.12. The van der Waals surface area contributed by atoms with Crippen molar-refractivity contribution >= 4 is 21.9 Å². The van der Waals surface area contributed by atoms with Crippen molar-refractivity contribution in [3.05, 3.63) is 84.6 Å². The molecular formula is C22H16N2O. The molecule has 3 heteroatoms. The van der Waals surface area contributed by atoms with Crippen molar-refractivity contribution in [3.8, 4) is 16.9 Å². The molecule has 2 aromatic heterocycles. The van der Waals surface area contributed by atoms with Crippen LogP contribution in [0, 0.1) is 6.92 Å². The Morgan fingerprint density at radius 1 is 0.840 bits per heavy atom. The number of para-hydroxylation sites is 2. The van der Waals surface area contributed by atoms with Gasteiger partial charge in [-0.1, -0.05) is 54.1 Å². The van der Waals surface area contributed by atoms with Gasteiger partial charge in [0.25, 0.3) is 0 Å². The maximum absolute atomic E-state index is 6.11. The lowest BCUT2D eigenvalue weighted by Gasteiger charge is -2.02. The summed E-state index contributed by atoms with van der Waals surface area (Å²) in [5.41, 5.74) is 6.02. The monoisotopic (exact) mass is 324 g/mol. The van der Waals surface area contributed by atoms with Crippen molar-refractivity contribution in [1.29, 1.82) is 0 Å². The van der Waals surface area contributed by atoms with E-state index < -0.39 is 0 Å². The third-order valence-electron chi connectivity index (χ3n) is 4.53. The van der Waals surface area contributed by atoms with E-state index in [0.717, 1.165) is 38.9 Å². The number of aryl methyl sites for hydroxylation is 1. The van der Waals surface area contributed by atoms with Gasteiger partial charge >= 0.3 is 0 Å². The van der Waals surface area contributed by atoms with Gasteiger partial charge < -0.3 is 4.42 Å². The molecule has 0 fully saturated rings. The molecule has 5 aromatic rings. The van der Waals surface area contributed by atoms with Gasteiger partial charge in [-0.05, 0) is 31.2 Å². The van der Waals surface area contributed by atoms with Crippen molar-refractivity contribution in [2.75, 3.05) is 0 Å². The second-order valence-electron chi connectivity index (χ2n) is 6.27. The summed E-state index contributed by atoms with van der Waals surface area (Å²) < 4.78 is 8.00. The van der Waals surface area contributed by atoms with E-state index in [1.807, 2.05) is 47.3 Å². The molecular weight excluding hydrogens is 308 g/mol. The number of hydrogen-bond acceptors (Lipinski definition) is 2. The molecule has 0 spiro atoms. The average Bonchev–Trinajstić information content (AvgIpc) is 3.26. The van der Waals surface area contributed by atoms with Crippen LogP contribution in [-0.4, -0.2) is 9.78 Å². The molecule has 0 aliphatic heterocycles. The molecule has 0 aliphatic rings. The Bertz CT molecular complexity index is 1210. The van der Waals surface area contributed by atoms with Crippen LogP contribution in [0.4, 0.5) is 0 Å². The van der Waals surface area contributed by atoms with Crippen LogP contribution in [0.5, 0.6) is 0 Å². The third-order valence-corrected chi connectivity index (χ3v) is 4.53. The minimum Gasteiger partial charge on any atom is -0.454 e. The molecule has 2 heterocycles. The molecule has 0 aliphatic carbocycles. The molecule has 0 bridgehead atoms. The molecule has 0 N–H and O–H groups in total. The summed E-state index contributed by atoms with van der Waals surface area (Å²) in [7, 11) is 0. The maximum Gasteiger partial charge on any atom is 0.161 e. The maximum atomic E-state index is 6.11. The van der Waals surface area contributed by atoms with Crippen LogP contribution in [0.2, 0.25) is 0 Å². The summed E-state index contributed by atoms with van der Waals surface area (Å²) in [5, 5.41) is 7.01. The summed E-state index contributed by atoms with van der Waals surface area (Å²) in [5.74, 6) is 0. The van der Waals surface area contributed by atoms with Gasteiger partial charge in [0.05, 0.1) is 5.69 Å². The largest absolute Gasteiger partial charge is 0.454 e. The number of nitrogens with zero attached hydrogens (tertiary/aromatic N) is 2. The van der Waals surface area contributed by atoms with Gasteiger partial charge in [0.15, 0.2) is 5.58 Å². The van der Waals surface area contributed by atoms with Gasteiger partial charge in [-0.15, -0.1) is 0 Å². The highest BCUT2D eigenvalue weighted by molar-refractivity contribution is 6.07. The number of rotatable bonds is 2. The van der Waals surface area contributed by atoms with E-state index in [2.05, 4.69) is 43.3 Å². The Morgan fingerprint density at radius 2 is 1.68 bits per heavy atom. The fourth-order valence-corrected chi connectivity index (χ4v) is 3.33. The quantitative estimate of drug-likeness (QED) is 0.414. The molecule has 120 valence electrons. The van der Waals surface area contributed by atoms with Gasteiger partial charge in [-0.3, -0.25) is 0 Å². The van der Waals surface area contributed by atoms with Crippen LogP contribution in [0.1, 0.15) is 5.56 Å². The highest BCUT2D eigenvalue weighted by atomic mass is 16.3. The Hall–Kier alpha value is -3.33. The standard InChI is InChI=1S/C22H16N2O/c1-15-6-4-7-16(14-15)19-12-13-24(23-19)20-10-5-9-18-17-8-2-3-11-21(17)25-22(18)20/h2-14H,1H3. The van der Waals surface area contributed by atoms with Gasteiger partial charge in [0, 0.05) is 22.5 Å². The first-order chi connectivity index (χ1) is 12.3. The number of furan rings is 1. The number of aromatic nitrogens is 2. The van der Waals surface area contributed by atoms with Crippen LogP contribution < -0.4 is 0 Å². The number of fused-ring (bicyclic) bond motifs is 3. The Kier molecular flexibility index (Phi) is 3.01. The molecule has 0 saturated carbocycles. The molecule has 3 nitrogen and oxygen atoms in total. The molecule has 0 saturated heterocycles. The lowest BCUT2D eigenvalue weighted by molar-refractivity contribution is 0.662. The Balaban J connectivity index is 1.69. The van der Waals surface area contributed by atoms with Crippen molar-refractivity contribution in [1.82, 2.24) is 9.78 Å². The van der Waals surface area contributed by atoms with Gasteiger partial charge in [-0.2, -0.15) is 5.10 Å². The first kappa shape index (κ1) is 14.1. The van der Waals surface area contributed by atoms with E-state index in [9.17, 15) is 0 Å². The van der Waals surface area contributed by atoms with Gasteiger partial charge in [-0.25, -0.2) is 4.68 Å². The number of hydrogen-bond donors (Lipinski definition) is 0. The molecule has 0 radical (unpaired) electrons. The first-order valence-corrected chi connectivity index (χ1v) is 8.33. The minimum atomic E-state index is 0.864. The predicted molar refractivity (Wildman–Crippen MR) is 101 cm³/mol. The zero-order valence-electron chi connectivity index (χ0n) is 13.8. The Labute approximate surface area is 145 Å². The molecule has 3 aromatic carbocycles. The first-order valence-electron chi connectivity index (χ1n) is 8.33. The van der Waals surface area contributed by atoms with Crippen LogP contribution >= 0.6 is 0 Å². The van der Waals surface area contributed by atoms with E-state index in [4.69, 9.17) is 9.52 Å². The topological polar surface area (TPSA) is 31.0 Å². The van der Waals surface area contributed by atoms with Crippen molar-refractivity contribution in [2.24, 2.45) is 0 Å². The van der Waals surface area contributed by atoms with Crippen molar-refractivity contribution in [3.63, 3.8) is 0 Å². The summed E-state index contributed by atoms with van der Waals surface area (Å²) >= 11 is 0. The minimum absolute atomic E-state index is 0.864. The van der Waals surface area contributed by atoms with E-state index in [-0.39, 0.29) is 0 Å². The Morgan fingerprint density at radius 3 is 2.60 bits per heavy atom. The summed E-state index contributed by atoms with van der Waals surface area (Å²) in [6, 6.07) is 24.7. The smallest absolute Gasteiger partial charge is 0.161 e. The van der Waals surface area contributed by atoms with Gasteiger partial charge in [0.2, 0.25) is 0 Å². The van der Waals surface area contributed by atoms with Crippen LogP contribution in [-0.2, 0) is 0 Å². The predicted octanol–water partition coefficient (Wildman–Crippen LogP) is 5.75. The normalized spacial score (nSPS) is 11.4. The van der Waals surface area contributed by atoms with Crippen molar-refractivity contribution in [2.45, 2.75) is 6.92 Å². The number of benzene rings is 3.